The van der Waals surface area contributed by atoms with Crippen molar-refractivity contribution >= 4 is 23.2 Å². The largest absolute Gasteiger partial charge is 0.339 e. The number of amides is 1. The molecule has 0 aliphatic rings. The van der Waals surface area contributed by atoms with Crippen LogP contribution in [0.25, 0.3) is 11.1 Å². The van der Waals surface area contributed by atoms with Crippen LogP contribution in [0.15, 0.2) is 30.7 Å². The molecular weight excluding hydrogens is 368 g/mol. The Labute approximate surface area is 160 Å². The first kappa shape index (κ1) is 19.3. The topological polar surface area (TPSA) is 97.6 Å². The number of nitrogens with zero attached hydrogens (tertiary/aromatic N) is 5. The summed E-state index contributed by atoms with van der Waals surface area (Å²) in [7, 11) is 1.78. The Hall–Kier alpha value is -3.43. The number of aryl methyl sites for hydroxylation is 2. The molecule has 146 valence electrons. The second-order valence-corrected chi connectivity index (χ2v) is 6.43. The van der Waals surface area contributed by atoms with Crippen LogP contribution < -0.4 is 10.6 Å². The highest BCUT2D eigenvalue weighted by molar-refractivity contribution is 5.90. The van der Waals surface area contributed by atoms with E-state index >= 15 is 0 Å². The summed E-state index contributed by atoms with van der Waals surface area (Å²) in [6.07, 6.45) is 5.00. The molecule has 0 saturated carbocycles. The molecule has 0 fully saturated rings. The second-order valence-electron chi connectivity index (χ2n) is 6.43. The van der Waals surface area contributed by atoms with E-state index in [1.807, 2.05) is 0 Å². The number of aromatic nitrogens is 5. The molecule has 3 heterocycles. The lowest BCUT2D eigenvalue weighted by Gasteiger charge is -2.15. The van der Waals surface area contributed by atoms with E-state index in [2.05, 4.69) is 30.7 Å². The number of carbonyl (C=O) groups excluding carboxylic acids is 1. The van der Waals surface area contributed by atoms with Crippen LogP contribution in [0.3, 0.4) is 0 Å². The smallest absolute Gasteiger partial charge is 0.303 e. The highest BCUT2D eigenvalue weighted by Gasteiger charge is 2.29. The van der Waals surface area contributed by atoms with Crippen molar-refractivity contribution in [2.75, 3.05) is 10.6 Å². The molecule has 0 spiro atoms. The molecule has 0 aliphatic carbocycles. The fourth-order valence-electron chi connectivity index (χ4n) is 2.56. The van der Waals surface area contributed by atoms with Crippen molar-refractivity contribution < 1.29 is 13.6 Å². The SMILES string of the molecule is CC(=O)Nc1cc(Nc2cc(C)nc(C(C)(F)F)n2)c(-c2cnn(C)c2)cn1. The van der Waals surface area contributed by atoms with E-state index < -0.39 is 11.7 Å². The molecule has 0 unspecified atom stereocenters. The third-order valence-electron chi connectivity index (χ3n) is 3.73. The summed E-state index contributed by atoms with van der Waals surface area (Å²) < 4.78 is 29.0. The molecule has 3 rings (SSSR count). The Kier molecular flexibility index (Phi) is 5.04. The van der Waals surface area contributed by atoms with E-state index in [1.54, 1.807) is 49.4 Å². The highest BCUT2D eigenvalue weighted by atomic mass is 19.3. The zero-order valence-corrected chi connectivity index (χ0v) is 15.8. The maximum atomic E-state index is 13.7. The monoisotopic (exact) mass is 387 g/mol. The van der Waals surface area contributed by atoms with E-state index in [0.717, 1.165) is 12.5 Å². The Balaban J connectivity index is 2.06. The number of hydrogen-bond donors (Lipinski definition) is 2. The molecular formula is C18H19F2N7O. The average molecular weight is 387 g/mol. The quantitative estimate of drug-likeness (QED) is 0.696. The van der Waals surface area contributed by atoms with Crippen LogP contribution in [0.4, 0.5) is 26.1 Å². The average Bonchev–Trinajstić information content (AvgIpc) is 2.99. The van der Waals surface area contributed by atoms with E-state index in [4.69, 9.17) is 0 Å². The lowest BCUT2D eigenvalue weighted by Crippen LogP contribution is -2.14. The number of pyridine rings is 1. The van der Waals surface area contributed by atoms with Gasteiger partial charge in [-0.2, -0.15) is 13.9 Å². The second kappa shape index (κ2) is 7.29. The van der Waals surface area contributed by atoms with Crippen molar-refractivity contribution in [2.45, 2.75) is 26.7 Å². The third-order valence-corrected chi connectivity index (χ3v) is 3.73. The van der Waals surface area contributed by atoms with Crippen LogP contribution in [0.2, 0.25) is 0 Å². The molecule has 0 saturated heterocycles. The first-order valence-electron chi connectivity index (χ1n) is 8.39. The molecule has 3 aromatic rings. The van der Waals surface area contributed by atoms with Crippen LogP contribution in [0.5, 0.6) is 0 Å². The van der Waals surface area contributed by atoms with Gasteiger partial charge in [-0.1, -0.05) is 0 Å². The van der Waals surface area contributed by atoms with Gasteiger partial charge in [0.15, 0.2) is 0 Å². The Bertz CT molecular complexity index is 1030. The van der Waals surface area contributed by atoms with Crippen molar-refractivity contribution in [3.05, 3.63) is 42.2 Å². The normalized spacial score (nSPS) is 11.4. The number of nitrogens with one attached hydrogen (secondary N) is 2. The zero-order chi connectivity index (χ0) is 20.5. The molecule has 28 heavy (non-hydrogen) atoms. The molecule has 10 heteroatoms. The number of carbonyl (C=O) groups is 1. The maximum Gasteiger partial charge on any atom is 0.303 e. The lowest BCUT2D eigenvalue weighted by atomic mass is 10.1. The van der Waals surface area contributed by atoms with Gasteiger partial charge in [0.05, 0.1) is 11.9 Å². The molecule has 2 N–H and O–H groups in total. The molecule has 0 aromatic carbocycles. The molecule has 0 radical (unpaired) electrons. The molecule has 0 atom stereocenters. The summed E-state index contributed by atoms with van der Waals surface area (Å²) in [5, 5.41) is 9.77. The summed E-state index contributed by atoms with van der Waals surface area (Å²) in [6.45, 7) is 3.72. The third kappa shape index (κ3) is 4.45. The van der Waals surface area contributed by atoms with Gasteiger partial charge in [0, 0.05) is 62.2 Å². The lowest BCUT2D eigenvalue weighted by molar-refractivity contribution is -0.114. The van der Waals surface area contributed by atoms with Crippen molar-refractivity contribution in [3.63, 3.8) is 0 Å². The zero-order valence-electron chi connectivity index (χ0n) is 15.8. The molecule has 0 bridgehead atoms. The first-order valence-corrected chi connectivity index (χ1v) is 8.39. The van der Waals surface area contributed by atoms with E-state index in [0.29, 0.717) is 22.8 Å². The van der Waals surface area contributed by atoms with Crippen LogP contribution in [0.1, 0.15) is 25.4 Å². The summed E-state index contributed by atoms with van der Waals surface area (Å²) >= 11 is 0. The van der Waals surface area contributed by atoms with Gasteiger partial charge in [0.1, 0.15) is 11.6 Å². The van der Waals surface area contributed by atoms with Crippen molar-refractivity contribution in [3.8, 4) is 11.1 Å². The van der Waals surface area contributed by atoms with Crippen molar-refractivity contribution in [2.24, 2.45) is 7.05 Å². The van der Waals surface area contributed by atoms with Crippen LogP contribution in [-0.4, -0.2) is 30.6 Å². The van der Waals surface area contributed by atoms with Gasteiger partial charge in [0.2, 0.25) is 11.7 Å². The summed E-state index contributed by atoms with van der Waals surface area (Å²) in [4.78, 5) is 23.3. The van der Waals surface area contributed by atoms with Crippen LogP contribution in [0, 0.1) is 6.92 Å². The molecule has 1 amide bonds. The summed E-state index contributed by atoms with van der Waals surface area (Å²) in [5.41, 5.74) is 2.35. The Morgan fingerprint density at radius 1 is 1.18 bits per heavy atom. The van der Waals surface area contributed by atoms with Gasteiger partial charge < -0.3 is 10.6 Å². The van der Waals surface area contributed by atoms with Gasteiger partial charge in [-0.15, -0.1) is 0 Å². The van der Waals surface area contributed by atoms with Crippen molar-refractivity contribution in [1.29, 1.82) is 0 Å². The summed E-state index contributed by atoms with van der Waals surface area (Å²) in [6, 6.07) is 3.16. The first-order chi connectivity index (χ1) is 13.1. The number of rotatable bonds is 5. The van der Waals surface area contributed by atoms with E-state index in [1.165, 1.54) is 6.92 Å². The number of alkyl halides is 2. The van der Waals surface area contributed by atoms with Gasteiger partial charge in [0.25, 0.3) is 0 Å². The maximum absolute atomic E-state index is 13.7. The van der Waals surface area contributed by atoms with Gasteiger partial charge in [-0.05, 0) is 6.92 Å². The number of anilines is 3. The molecule has 8 nitrogen and oxygen atoms in total. The van der Waals surface area contributed by atoms with E-state index in [9.17, 15) is 13.6 Å². The minimum Gasteiger partial charge on any atom is -0.339 e. The van der Waals surface area contributed by atoms with Gasteiger partial charge in [-0.25, -0.2) is 15.0 Å². The predicted molar refractivity (Wildman–Crippen MR) is 100 cm³/mol. The van der Waals surface area contributed by atoms with E-state index in [-0.39, 0.29) is 11.7 Å². The van der Waals surface area contributed by atoms with Crippen molar-refractivity contribution in [1.82, 2.24) is 24.7 Å². The molecule has 3 aromatic heterocycles. The van der Waals surface area contributed by atoms with Gasteiger partial charge in [-0.3, -0.25) is 9.48 Å². The minimum absolute atomic E-state index is 0.203. The minimum atomic E-state index is -3.17. The Morgan fingerprint density at radius 2 is 1.93 bits per heavy atom. The number of halogens is 2. The van der Waals surface area contributed by atoms with Crippen LogP contribution in [-0.2, 0) is 17.8 Å². The standard InChI is InChI=1S/C18H19F2N7O/c1-10-5-16(26-17(23-10)18(3,19)20)25-14-6-15(24-11(2)28)21-8-13(14)12-7-22-27(4)9-12/h5-9H,1-4H3,(H2,21,23,24,25,26,28). The fraction of sp³-hybridized carbons (Fsp3) is 0.278. The van der Waals surface area contributed by atoms with Gasteiger partial charge >= 0.3 is 5.92 Å². The Morgan fingerprint density at radius 3 is 2.54 bits per heavy atom. The predicted octanol–water partition coefficient (Wildman–Crippen LogP) is 3.39. The van der Waals surface area contributed by atoms with Crippen LogP contribution >= 0.6 is 0 Å². The summed E-state index contributed by atoms with van der Waals surface area (Å²) in [5.74, 6) is -3.51. The molecule has 0 aliphatic heterocycles. The number of hydrogen-bond acceptors (Lipinski definition) is 6. The highest BCUT2D eigenvalue weighted by Crippen LogP contribution is 2.32. The fourth-order valence-corrected chi connectivity index (χ4v) is 2.56.